The molecule has 20 heavy (non-hydrogen) atoms. The molecule has 4 heteroatoms. The standard InChI is InChI=1S/C16H11FN2S/c1-9-3-2-4-12-15(9)19-16(18-12)14-7-10-5-6-11(17)8-13(10)20-14/h2-8H,1H3,(H,18,19). The van der Waals surface area contributed by atoms with E-state index in [1.165, 1.54) is 6.07 Å². The minimum atomic E-state index is -0.202. The normalized spacial score (nSPS) is 11.5. The lowest BCUT2D eigenvalue weighted by atomic mass is 10.2. The number of nitrogens with one attached hydrogen (secondary N) is 1. The molecule has 0 bridgehead atoms. The van der Waals surface area contributed by atoms with Crippen molar-refractivity contribution in [2.45, 2.75) is 6.92 Å². The Morgan fingerprint density at radius 3 is 2.90 bits per heavy atom. The number of nitrogens with zero attached hydrogens (tertiary/aromatic N) is 1. The van der Waals surface area contributed by atoms with Gasteiger partial charge in [0.2, 0.25) is 0 Å². The second kappa shape index (κ2) is 4.15. The van der Waals surface area contributed by atoms with Crippen molar-refractivity contribution >= 4 is 32.5 Å². The summed E-state index contributed by atoms with van der Waals surface area (Å²) in [6.45, 7) is 2.05. The minimum absolute atomic E-state index is 0.202. The highest BCUT2D eigenvalue weighted by atomic mass is 32.1. The van der Waals surface area contributed by atoms with Gasteiger partial charge in [-0.25, -0.2) is 9.37 Å². The van der Waals surface area contributed by atoms with Gasteiger partial charge in [0.15, 0.2) is 0 Å². The highest BCUT2D eigenvalue weighted by Gasteiger charge is 2.10. The van der Waals surface area contributed by atoms with Gasteiger partial charge in [-0.05, 0) is 42.1 Å². The summed E-state index contributed by atoms with van der Waals surface area (Å²) < 4.78 is 14.2. The third kappa shape index (κ3) is 1.72. The van der Waals surface area contributed by atoms with Gasteiger partial charge in [-0.15, -0.1) is 11.3 Å². The maximum atomic E-state index is 13.3. The van der Waals surface area contributed by atoms with Crippen LogP contribution in [-0.2, 0) is 0 Å². The number of para-hydroxylation sites is 1. The quantitative estimate of drug-likeness (QED) is 0.529. The van der Waals surface area contributed by atoms with Crippen molar-refractivity contribution in [2.75, 3.05) is 0 Å². The summed E-state index contributed by atoms with van der Waals surface area (Å²) >= 11 is 1.55. The lowest BCUT2D eigenvalue weighted by Gasteiger charge is -1.90. The largest absolute Gasteiger partial charge is 0.337 e. The second-order valence-electron chi connectivity index (χ2n) is 4.85. The first-order valence-corrected chi connectivity index (χ1v) is 7.17. The Morgan fingerprint density at radius 2 is 2.05 bits per heavy atom. The smallest absolute Gasteiger partial charge is 0.148 e. The molecule has 0 amide bonds. The highest BCUT2D eigenvalue weighted by Crippen LogP contribution is 2.33. The summed E-state index contributed by atoms with van der Waals surface area (Å²) in [7, 11) is 0. The van der Waals surface area contributed by atoms with E-state index in [0.29, 0.717) is 0 Å². The summed E-state index contributed by atoms with van der Waals surface area (Å²) in [5, 5.41) is 1.04. The number of aromatic amines is 1. The first kappa shape index (κ1) is 11.6. The number of halogens is 1. The van der Waals surface area contributed by atoms with Crippen LogP contribution in [0.4, 0.5) is 4.39 Å². The van der Waals surface area contributed by atoms with Gasteiger partial charge in [0, 0.05) is 4.70 Å². The molecule has 0 spiro atoms. The molecule has 0 aliphatic heterocycles. The Hall–Kier alpha value is -2.20. The van der Waals surface area contributed by atoms with E-state index in [0.717, 1.165) is 37.4 Å². The lowest BCUT2D eigenvalue weighted by molar-refractivity contribution is 0.630. The van der Waals surface area contributed by atoms with Gasteiger partial charge in [0.25, 0.3) is 0 Å². The topological polar surface area (TPSA) is 28.7 Å². The van der Waals surface area contributed by atoms with Crippen LogP contribution < -0.4 is 0 Å². The molecule has 4 aromatic rings. The average Bonchev–Trinajstić information content (AvgIpc) is 3.01. The number of benzene rings is 2. The minimum Gasteiger partial charge on any atom is -0.337 e. The SMILES string of the molecule is Cc1cccc2[nH]c(-c3cc4ccc(F)cc4s3)nc12. The van der Waals surface area contributed by atoms with Crippen LogP contribution in [0.2, 0.25) is 0 Å². The van der Waals surface area contributed by atoms with Crippen molar-refractivity contribution in [1.29, 1.82) is 0 Å². The molecule has 0 saturated heterocycles. The number of hydrogen-bond acceptors (Lipinski definition) is 2. The van der Waals surface area contributed by atoms with Crippen molar-refractivity contribution in [3.05, 3.63) is 53.8 Å². The molecule has 2 aromatic heterocycles. The Balaban J connectivity index is 1.94. The molecule has 0 saturated carbocycles. The number of hydrogen-bond donors (Lipinski definition) is 1. The summed E-state index contributed by atoms with van der Waals surface area (Å²) in [4.78, 5) is 9.02. The van der Waals surface area contributed by atoms with E-state index < -0.39 is 0 Å². The van der Waals surface area contributed by atoms with Crippen LogP contribution >= 0.6 is 11.3 Å². The van der Waals surface area contributed by atoms with Gasteiger partial charge in [-0.1, -0.05) is 18.2 Å². The summed E-state index contributed by atoms with van der Waals surface area (Å²) in [5.41, 5.74) is 3.17. The Morgan fingerprint density at radius 1 is 1.15 bits per heavy atom. The predicted molar refractivity (Wildman–Crippen MR) is 81.6 cm³/mol. The van der Waals surface area contributed by atoms with E-state index in [-0.39, 0.29) is 5.82 Å². The van der Waals surface area contributed by atoms with Gasteiger partial charge in [0.05, 0.1) is 15.9 Å². The number of thiophene rings is 1. The van der Waals surface area contributed by atoms with Crippen LogP contribution in [0.25, 0.3) is 31.8 Å². The third-order valence-electron chi connectivity index (χ3n) is 3.43. The van der Waals surface area contributed by atoms with Gasteiger partial charge >= 0.3 is 0 Å². The monoisotopic (exact) mass is 282 g/mol. The molecule has 2 aromatic carbocycles. The molecule has 0 aliphatic rings. The zero-order valence-electron chi connectivity index (χ0n) is 10.8. The van der Waals surface area contributed by atoms with E-state index in [4.69, 9.17) is 0 Å². The molecule has 4 rings (SSSR count). The number of H-pyrrole nitrogens is 1. The molecule has 0 atom stereocenters. The number of aryl methyl sites for hydroxylation is 1. The average molecular weight is 282 g/mol. The van der Waals surface area contributed by atoms with E-state index in [1.807, 2.05) is 31.2 Å². The van der Waals surface area contributed by atoms with Crippen molar-refractivity contribution in [1.82, 2.24) is 9.97 Å². The Labute approximate surface area is 118 Å². The Kier molecular flexibility index (Phi) is 2.41. The van der Waals surface area contributed by atoms with Crippen molar-refractivity contribution in [3.63, 3.8) is 0 Å². The summed E-state index contributed by atoms with van der Waals surface area (Å²) in [6, 6.07) is 13.0. The van der Waals surface area contributed by atoms with Crippen LogP contribution in [0.5, 0.6) is 0 Å². The molecule has 1 N–H and O–H groups in total. The zero-order valence-corrected chi connectivity index (χ0v) is 11.6. The summed E-state index contributed by atoms with van der Waals surface area (Å²) in [6.07, 6.45) is 0. The number of imidazole rings is 1. The first-order chi connectivity index (χ1) is 9.70. The van der Waals surface area contributed by atoms with Crippen molar-refractivity contribution in [2.24, 2.45) is 0 Å². The highest BCUT2D eigenvalue weighted by molar-refractivity contribution is 7.22. The van der Waals surface area contributed by atoms with Gasteiger partial charge < -0.3 is 4.98 Å². The van der Waals surface area contributed by atoms with Crippen LogP contribution in [-0.4, -0.2) is 9.97 Å². The van der Waals surface area contributed by atoms with Crippen molar-refractivity contribution < 1.29 is 4.39 Å². The van der Waals surface area contributed by atoms with E-state index in [9.17, 15) is 4.39 Å². The third-order valence-corrected chi connectivity index (χ3v) is 4.53. The van der Waals surface area contributed by atoms with E-state index in [2.05, 4.69) is 9.97 Å². The first-order valence-electron chi connectivity index (χ1n) is 6.35. The second-order valence-corrected chi connectivity index (χ2v) is 5.93. The fraction of sp³-hybridized carbons (Fsp3) is 0.0625. The molecule has 0 radical (unpaired) electrons. The molecule has 0 fully saturated rings. The van der Waals surface area contributed by atoms with Crippen LogP contribution in [0.15, 0.2) is 42.5 Å². The van der Waals surface area contributed by atoms with Gasteiger partial charge in [0.1, 0.15) is 11.6 Å². The molecule has 0 unspecified atom stereocenters. The van der Waals surface area contributed by atoms with Gasteiger partial charge in [-0.3, -0.25) is 0 Å². The number of fused-ring (bicyclic) bond motifs is 2. The Bertz CT molecular complexity index is 936. The van der Waals surface area contributed by atoms with Crippen LogP contribution in [0.1, 0.15) is 5.56 Å². The number of aromatic nitrogens is 2. The predicted octanol–water partition coefficient (Wildman–Crippen LogP) is 4.89. The van der Waals surface area contributed by atoms with E-state index >= 15 is 0 Å². The summed E-state index contributed by atoms with van der Waals surface area (Å²) in [5.74, 6) is 0.641. The van der Waals surface area contributed by atoms with E-state index in [1.54, 1.807) is 23.5 Å². The number of rotatable bonds is 1. The fourth-order valence-electron chi connectivity index (χ4n) is 2.41. The molecule has 2 nitrogen and oxygen atoms in total. The van der Waals surface area contributed by atoms with Crippen LogP contribution in [0, 0.1) is 12.7 Å². The zero-order chi connectivity index (χ0) is 13.7. The van der Waals surface area contributed by atoms with Crippen molar-refractivity contribution in [3.8, 4) is 10.7 Å². The molecule has 2 heterocycles. The maximum absolute atomic E-state index is 13.3. The lowest BCUT2D eigenvalue weighted by Crippen LogP contribution is -1.74. The van der Waals surface area contributed by atoms with Crippen LogP contribution in [0.3, 0.4) is 0 Å². The van der Waals surface area contributed by atoms with Gasteiger partial charge in [-0.2, -0.15) is 0 Å². The maximum Gasteiger partial charge on any atom is 0.148 e. The molecular weight excluding hydrogens is 271 g/mol. The fourth-order valence-corrected chi connectivity index (χ4v) is 3.45. The molecular formula is C16H11FN2S. The molecule has 98 valence electrons. The molecule has 0 aliphatic carbocycles.